The summed E-state index contributed by atoms with van der Waals surface area (Å²) in [5.41, 5.74) is 7.03. The normalized spacial score (nSPS) is 15.0. The Bertz CT molecular complexity index is 3560. The molecular formula is C54H34N2OSSi. The minimum atomic E-state index is -3.02. The molecule has 3 nitrogen and oxygen atoms in total. The molecule has 0 fully saturated rings. The Morgan fingerprint density at radius 1 is 0.339 bits per heavy atom. The third-order valence-corrected chi connectivity index (χ3v) is 18.6. The third kappa shape index (κ3) is 4.57. The minimum absolute atomic E-state index is 0.913. The van der Waals surface area contributed by atoms with Crippen molar-refractivity contribution in [3.63, 3.8) is 0 Å². The number of thiophene rings is 1. The smallest absolute Gasteiger partial charge is 0.188 e. The second kappa shape index (κ2) is 12.4. The first kappa shape index (κ1) is 32.9. The predicted octanol–water partition coefficient (Wildman–Crippen LogP) is 11.7. The summed E-state index contributed by atoms with van der Waals surface area (Å²) in [5, 5.41) is 12.8. The molecule has 1 atom stereocenters. The van der Waals surface area contributed by atoms with Gasteiger partial charge in [0.05, 0.1) is 22.1 Å². The monoisotopic (exact) mass is 786 g/mol. The predicted molar refractivity (Wildman–Crippen MR) is 252 cm³/mol. The van der Waals surface area contributed by atoms with Gasteiger partial charge in [-0.15, -0.1) is 11.3 Å². The van der Waals surface area contributed by atoms with Crippen molar-refractivity contribution in [2.24, 2.45) is 0 Å². The first-order valence-electron chi connectivity index (χ1n) is 20.2. The summed E-state index contributed by atoms with van der Waals surface area (Å²) in [6.45, 7) is 0. The molecule has 1 aliphatic rings. The van der Waals surface area contributed by atoms with Gasteiger partial charge in [-0.25, -0.2) is 0 Å². The van der Waals surface area contributed by atoms with Gasteiger partial charge in [0.25, 0.3) is 0 Å². The van der Waals surface area contributed by atoms with Crippen LogP contribution >= 0.6 is 11.3 Å². The Balaban J connectivity index is 1.09. The number of hydrogen-bond acceptors (Lipinski definition) is 2. The zero-order valence-corrected chi connectivity index (χ0v) is 33.7. The molecule has 12 aromatic rings. The quantitative estimate of drug-likeness (QED) is 0.163. The lowest BCUT2D eigenvalue weighted by atomic mass is 10.1. The van der Waals surface area contributed by atoms with Crippen LogP contribution in [0.15, 0.2) is 206 Å². The van der Waals surface area contributed by atoms with Gasteiger partial charge in [0.1, 0.15) is 11.5 Å². The summed E-state index contributed by atoms with van der Waals surface area (Å²) in [4.78, 5) is 0. The van der Waals surface area contributed by atoms with Crippen LogP contribution in [0.4, 0.5) is 0 Å². The van der Waals surface area contributed by atoms with Gasteiger partial charge in [-0.1, -0.05) is 140 Å². The second-order valence-corrected chi connectivity index (χ2v) is 20.4. The van der Waals surface area contributed by atoms with E-state index in [1.165, 1.54) is 84.5 Å². The molecule has 0 N–H and O–H groups in total. The molecule has 0 radical (unpaired) electrons. The Morgan fingerprint density at radius 2 is 0.814 bits per heavy atom. The van der Waals surface area contributed by atoms with Gasteiger partial charge in [-0.2, -0.15) is 0 Å². The van der Waals surface area contributed by atoms with Crippen LogP contribution in [-0.2, 0) is 0 Å². The number of fused-ring (bicyclic) bond motifs is 11. The highest BCUT2D eigenvalue weighted by Crippen LogP contribution is 2.38. The van der Waals surface area contributed by atoms with Crippen molar-refractivity contribution in [3.8, 4) is 22.9 Å². The van der Waals surface area contributed by atoms with Gasteiger partial charge in [0.2, 0.25) is 0 Å². The van der Waals surface area contributed by atoms with E-state index in [-0.39, 0.29) is 0 Å². The molecule has 0 bridgehead atoms. The van der Waals surface area contributed by atoms with E-state index in [0.717, 1.165) is 22.9 Å². The number of rotatable bonds is 4. The second-order valence-electron chi connectivity index (χ2n) is 15.6. The van der Waals surface area contributed by atoms with Crippen LogP contribution in [0.3, 0.4) is 0 Å². The third-order valence-electron chi connectivity index (χ3n) is 12.7. The van der Waals surface area contributed by atoms with Gasteiger partial charge in [0, 0.05) is 59.2 Å². The number of benzene rings is 9. The fraction of sp³-hybridized carbons (Fsp3) is 0. The average molecular weight is 787 g/mol. The van der Waals surface area contributed by atoms with E-state index in [4.69, 9.17) is 4.74 Å². The van der Waals surface area contributed by atoms with Crippen LogP contribution in [0.2, 0.25) is 0 Å². The summed E-state index contributed by atoms with van der Waals surface area (Å²) >= 11 is 1.87. The number of nitrogens with zero attached hydrogens (tertiary/aromatic N) is 2. The maximum Gasteiger partial charge on any atom is 0.188 e. The van der Waals surface area contributed by atoms with Crippen LogP contribution in [0.5, 0.6) is 11.5 Å². The van der Waals surface area contributed by atoms with Crippen LogP contribution < -0.4 is 25.5 Å². The summed E-state index contributed by atoms with van der Waals surface area (Å²) in [5.74, 6) is 1.84. The standard InChI is InChI=1S/C54H34N2OSSi/c1-6-18-45-39(13-1)40-14-2-7-19-46(40)55(45)35-25-28-37(29-26-35)59(38-30-31-52-44(34-38)43-17-5-11-23-51(43)58-52)53-24-12-10-22-49(53)57-50-33-36(27-32-54(50)59)56-47-20-8-3-15-41(47)42-16-4-9-21-48(42)56/h1-34H. The number of ether oxygens (including phenoxy) is 1. The zero-order valence-electron chi connectivity index (χ0n) is 31.8. The highest BCUT2D eigenvalue weighted by atomic mass is 32.1. The first-order chi connectivity index (χ1) is 29.3. The Labute approximate surface area is 345 Å². The van der Waals surface area contributed by atoms with Gasteiger partial charge < -0.3 is 13.9 Å². The van der Waals surface area contributed by atoms with E-state index in [1.54, 1.807) is 0 Å². The molecule has 9 aromatic carbocycles. The summed E-state index contributed by atoms with van der Waals surface area (Å²) in [6.07, 6.45) is 0. The summed E-state index contributed by atoms with van der Waals surface area (Å²) in [7, 11) is -3.02. The highest BCUT2D eigenvalue weighted by Gasteiger charge is 2.48. The fourth-order valence-electron chi connectivity index (χ4n) is 10.2. The molecule has 13 rings (SSSR count). The Morgan fingerprint density at radius 3 is 1.46 bits per heavy atom. The molecule has 4 heterocycles. The number of hydrogen-bond donors (Lipinski definition) is 0. The molecule has 3 aromatic heterocycles. The Kier molecular flexibility index (Phi) is 6.91. The molecule has 0 spiro atoms. The molecule has 1 unspecified atom stereocenters. The summed E-state index contributed by atoms with van der Waals surface area (Å²) in [6, 6.07) is 76.3. The molecule has 1 aliphatic heterocycles. The molecule has 0 saturated heterocycles. The maximum absolute atomic E-state index is 7.08. The zero-order chi connectivity index (χ0) is 38.7. The van der Waals surface area contributed by atoms with Crippen molar-refractivity contribution in [1.29, 1.82) is 0 Å². The average Bonchev–Trinajstić information content (AvgIpc) is 3.96. The molecule has 59 heavy (non-hydrogen) atoms. The topological polar surface area (TPSA) is 19.1 Å². The maximum atomic E-state index is 7.08. The fourth-order valence-corrected chi connectivity index (χ4v) is 16.2. The molecular weight excluding hydrogens is 753 g/mol. The Hall–Kier alpha value is -7.18. The van der Waals surface area contributed by atoms with E-state index in [1.807, 2.05) is 11.3 Å². The van der Waals surface area contributed by atoms with E-state index in [2.05, 4.69) is 215 Å². The molecule has 276 valence electrons. The number of aromatic nitrogens is 2. The van der Waals surface area contributed by atoms with Gasteiger partial charge in [0.15, 0.2) is 8.07 Å². The van der Waals surface area contributed by atoms with Crippen LogP contribution in [0, 0.1) is 0 Å². The van der Waals surface area contributed by atoms with Gasteiger partial charge in [-0.3, -0.25) is 0 Å². The van der Waals surface area contributed by atoms with Gasteiger partial charge in [-0.05, 0) is 81.4 Å². The van der Waals surface area contributed by atoms with Crippen LogP contribution in [0.1, 0.15) is 0 Å². The first-order valence-corrected chi connectivity index (χ1v) is 23.0. The van der Waals surface area contributed by atoms with E-state index >= 15 is 0 Å². The van der Waals surface area contributed by atoms with Crippen molar-refractivity contribution >= 4 is 104 Å². The van der Waals surface area contributed by atoms with Crippen LogP contribution in [0.25, 0.3) is 75.2 Å². The van der Waals surface area contributed by atoms with Crippen molar-refractivity contribution < 1.29 is 4.74 Å². The van der Waals surface area contributed by atoms with E-state index < -0.39 is 8.07 Å². The number of para-hydroxylation sites is 5. The lowest BCUT2D eigenvalue weighted by Gasteiger charge is -2.40. The van der Waals surface area contributed by atoms with Crippen molar-refractivity contribution in [2.75, 3.05) is 0 Å². The summed E-state index contributed by atoms with van der Waals surface area (Å²) < 4.78 is 14.5. The van der Waals surface area contributed by atoms with Crippen LogP contribution in [-0.4, -0.2) is 17.2 Å². The molecule has 0 aliphatic carbocycles. The highest BCUT2D eigenvalue weighted by molar-refractivity contribution is 7.26. The van der Waals surface area contributed by atoms with E-state index in [9.17, 15) is 0 Å². The lowest BCUT2D eigenvalue weighted by Crippen LogP contribution is -2.76. The molecule has 5 heteroatoms. The van der Waals surface area contributed by atoms with Crippen molar-refractivity contribution in [3.05, 3.63) is 206 Å². The van der Waals surface area contributed by atoms with E-state index in [0.29, 0.717) is 0 Å². The molecule has 0 amide bonds. The van der Waals surface area contributed by atoms with Crippen molar-refractivity contribution in [2.45, 2.75) is 0 Å². The SMILES string of the molecule is c1ccc2c(c1)Oc1cc(-n3c4ccccc4c4ccccc43)ccc1[Si]2(c1ccc(-n2c3ccccc3c3ccccc32)cc1)c1ccc2sc3ccccc3c2c1. The molecule has 0 saturated carbocycles. The van der Waals surface area contributed by atoms with Gasteiger partial charge >= 0.3 is 0 Å². The minimum Gasteiger partial charge on any atom is -0.457 e. The largest absolute Gasteiger partial charge is 0.457 e. The lowest BCUT2D eigenvalue weighted by molar-refractivity contribution is 0.487. The van der Waals surface area contributed by atoms with Crippen molar-refractivity contribution in [1.82, 2.24) is 9.13 Å².